The number of aryl methyl sites for hydroxylation is 1. The molecule has 1 aliphatic heterocycles. The maximum Gasteiger partial charge on any atom is 0.160 e. The molecule has 0 radical (unpaired) electrons. The van der Waals surface area contributed by atoms with Crippen LogP contribution in [0.3, 0.4) is 0 Å². The van der Waals surface area contributed by atoms with Crippen LogP contribution in [0.15, 0.2) is 42.6 Å². The monoisotopic (exact) mass is 336 g/mol. The molecule has 2 aromatic heterocycles. The number of nitrogens with zero attached hydrogens (tertiary/aromatic N) is 4. The molecule has 0 N–H and O–H groups in total. The molecule has 130 valence electrons. The molecule has 0 amide bonds. The largest absolute Gasteiger partial charge is 0.372 e. The molecule has 0 saturated carbocycles. The number of anilines is 1. The molecule has 1 atom stereocenters. The second kappa shape index (κ2) is 5.85. The van der Waals surface area contributed by atoms with Gasteiger partial charge in [0.05, 0.1) is 30.1 Å². The van der Waals surface area contributed by atoms with Crippen molar-refractivity contribution in [3.8, 4) is 11.3 Å². The highest BCUT2D eigenvalue weighted by atomic mass is 16.5. The zero-order chi connectivity index (χ0) is 17.6. The standard InChI is InChI=1S/C20H24N4O/c1-14-11-21-24-17(16-8-6-5-7-9-16)10-18(22-19(14)24)23-13-20(3,4)25-12-15(23)2/h5-11,15H,12-13H2,1-4H3/t15-/m0/s1. The number of benzene rings is 1. The predicted molar refractivity (Wildman–Crippen MR) is 100.0 cm³/mol. The van der Waals surface area contributed by atoms with Crippen molar-refractivity contribution in [3.63, 3.8) is 0 Å². The lowest BCUT2D eigenvalue weighted by molar-refractivity contribution is -0.0423. The Labute approximate surface area is 148 Å². The Morgan fingerprint density at radius 3 is 2.72 bits per heavy atom. The van der Waals surface area contributed by atoms with Crippen LogP contribution in [0.1, 0.15) is 26.3 Å². The van der Waals surface area contributed by atoms with E-state index in [4.69, 9.17) is 9.72 Å². The summed E-state index contributed by atoms with van der Waals surface area (Å²) in [5.74, 6) is 0.985. The predicted octanol–water partition coefficient (Wildman–Crippen LogP) is 3.71. The van der Waals surface area contributed by atoms with Crippen molar-refractivity contribution in [1.29, 1.82) is 0 Å². The Morgan fingerprint density at radius 2 is 1.96 bits per heavy atom. The van der Waals surface area contributed by atoms with Gasteiger partial charge in [-0.1, -0.05) is 30.3 Å². The summed E-state index contributed by atoms with van der Waals surface area (Å²) in [5.41, 5.74) is 4.01. The van der Waals surface area contributed by atoms with Gasteiger partial charge in [-0.05, 0) is 27.7 Å². The van der Waals surface area contributed by atoms with Gasteiger partial charge in [0.2, 0.25) is 0 Å². The fourth-order valence-corrected chi connectivity index (χ4v) is 3.38. The topological polar surface area (TPSA) is 42.7 Å². The quantitative estimate of drug-likeness (QED) is 0.715. The summed E-state index contributed by atoms with van der Waals surface area (Å²) in [5, 5.41) is 4.54. The Balaban J connectivity index is 1.89. The Morgan fingerprint density at radius 1 is 1.20 bits per heavy atom. The highest BCUT2D eigenvalue weighted by molar-refractivity contribution is 5.68. The third-order valence-electron chi connectivity index (χ3n) is 4.80. The molecule has 5 nitrogen and oxygen atoms in total. The summed E-state index contributed by atoms with van der Waals surface area (Å²) < 4.78 is 7.89. The van der Waals surface area contributed by atoms with E-state index in [-0.39, 0.29) is 11.6 Å². The van der Waals surface area contributed by atoms with Crippen LogP contribution in [-0.4, -0.2) is 39.4 Å². The number of hydrogen-bond acceptors (Lipinski definition) is 4. The first kappa shape index (κ1) is 16.1. The van der Waals surface area contributed by atoms with Crippen LogP contribution < -0.4 is 4.90 Å². The molecule has 3 heterocycles. The lowest BCUT2D eigenvalue weighted by atomic mass is 10.0. The molecule has 25 heavy (non-hydrogen) atoms. The molecule has 0 bridgehead atoms. The number of aromatic nitrogens is 3. The van der Waals surface area contributed by atoms with Gasteiger partial charge in [-0.25, -0.2) is 9.50 Å². The van der Waals surface area contributed by atoms with Crippen LogP contribution >= 0.6 is 0 Å². The van der Waals surface area contributed by atoms with E-state index in [9.17, 15) is 0 Å². The smallest absolute Gasteiger partial charge is 0.160 e. The zero-order valence-corrected chi connectivity index (χ0v) is 15.2. The molecule has 1 aliphatic rings. The summed E-state index contributed by atoms with van der Waals surface area (Å²) in [7, 11) is 0. The minimum absolute atomic E-state index is 0.178. The number of fused-ring (bicyclic) bond motifs is 1. The van der Waals surface area contributed by atoms with E-state index in [0.29, 0.717) is 6.61 Å². The van der Waals surface area contributed by atoms with Gasteiger partial charge in [-0.2, -0.15) is 5.10 Å². The minimum atomic E-state index is -0.178. The van der Waals surface area contributed by atoms with E-state index in [1.54, 1.807) is 0 Å². The van der Waals surface area contributed by atoms with Crippen LogP contribution in [0.4, 0.5) is 5.82 Å². The normalized spacial score (nSPS) is 20.2. The van der Waals surface area contributed by atoms with Crippen molar-refractivity contribution in [2.45, 2.75) is 39.3 Å². The molecule has 4 rings (SSSR count). The number of morpholine rings is 1. The lowest BCUT2D eigenvalue weighted by Gasteiger charge is -2.43. The Bertz CT molecular complexity index is 901. The Hall–Kier alpha value is -2.40. The number of ether oxygens (including phenoxy) is 1. The van der Waals surface area contributed by atoms with Crippen molar-refractivity contribution in [2.24, 2.45) is 0 Å². The second-order valence-corrected chi connectivity index (χ2v) is 7.48. The maximum absolute atomic E-state index is 5.95. The van der Waals surface area contributed by atoms with Crippen LogP contribution in [-0.2, 0) is 4.74 Å². The SMILES string of the molecule is Cc1cnn2c(-c3ccccc3)cc(N3CC(C)(C)OC[C@@H]3C)nc12. The first-order valence-corrected chi connectivity index (χ1v) is 8.76. The molecule has 0 unspecified atom stereocenters. The van der Waals surface area contributed by atoms with Gasteiger partial charge in [0, 0.05) is 23.7 Å². The van der Waals surface area contributed by atoms with E-state index in [2.05, 4.69) is 68.0 Å². The molecule has 1 saturated heterocycles. The van der Waals surface area contributed by atoms with Crippen molar-refractivity contribution in [2.75, 3.05) is 18.1 Å². The van der Waals surface area contributed by atoms with Crippen molar-refractivity contribution >= 4 is 11.5 Å². The summed E-state index contributed by atoms with van der Waals surface area (Å²) in [6.07, 6.45) is 1.88. The summed E-state index contributed by atoms with van der Waals surface area (Å²) >= 11 is 0. The molecule has 0 spiro atoms. The summed E-state index contributed by atoms with van der Waals surface area (Å²) in [6, 6.07) is 12.8. The fraction of sp³-hybridized carbons (Fsp3) is 0.400. The molecule has 1 fully saturated rings. The average Bonchev–Trinajstić information content (AvgIpc) is 2.98. The number of rotatable bonds is 2. The van der Waals surface area contributed by atoms with Crippen LogP contribution in [0.25, 0.3) is 16.9 Å². The molecule has 1 aromatic carbocycles. The Kier molecular flexibility index (Phi) is 3.76. The first-order chi connectivity index (χ1) is 11.9. The molecule has 5 heteroatoms. The van der Waals surface area contributed by atoms with Crippen LogP contribution in [0.5, 0.6) is 0 Å². The summed E-state index contributed by atoms with van der Waals surface area (Å²) in [6.45, 7) is 10.0. The van der Waals surface area contributed by atoms with Gasteiger partial charge in [-0.3, -0.25) is 0 Å². The first-order valence-electron chi connectivity index (χ1n) is 8.76. The van der Waals surface area contributed by atoms with E-state index < -0.39 is 0 Å². The molecule has 0 aliphatic carbocycles. The maximum atomic E-state index is 5.95. The van der Waals surface area contributed by atoms with Crippen molar-refractivity contribution in [1.82, 2.24) is 14.6 Å². The van der Waals surface area contributed by atoms with Gasteiger partial charge >= 0.3 is 0 Å². The van der Waals surface area contributed by atoms with Gasteiger partial charge < -0.3 is 9.64 Å². The van der Waals surface area contributed by atoms with Crippen molar-refractivity contribution in [3.05, 3.63) is 48.2 Å². The van der Waals surface area contributed by atoms with E-state index in [0.717, 1.165) is 34.8 Å². The van der Waals surface area contributed by atoms with Crippen LogP contribution in [0, 0.1) is 6.92 Å². The lowest BCUT2D eigenvalue weighted by Crippen LogP contribution is -2.53. The van der Waals surface area contributed by atoms with Crippen molar-refractivity contribution < 1.29 is 4.74 Å². The fourth-order valence-electron chi connectivity index (χ4n) is 3.38. The van der Waals surface area contributed by atoms with Gasteiger partial charge in [0.25, 0.3) is 0 Å². The summed E-state index contributed by atoms with van der Waals surface area (Å²) in [4.78, 5) is 7.28. The van der Waals surface area contributed by atoms with Gasteiger partial charge in [-0.15, -0.1) is 0 Å². The third-order valence-corrected chi connectivity index (χ3v) is 4.80. The highest BCUT2D eigenvalue weighted by Gasteiger charge is 2.33. The van der Waals surface area contributed by atoms with Gasteiger partial charge in [0.15, 0.2) is 5.65 Å². The molecular formula is C20H24N4O. The van der Waals surface area contributed by atoms with E-state index in [1.165, 1.54) is 0 Å². The molecular weight excluding hydrogens is 312 g/mol. The van der Waals surface area contributed by atoms with Crippen LogP contribution in [0.2, 0.25) is 0 Å². The van der Waals surface area contributed by atoms with Gasteiger partial charge in [0.1, 0.15) is 5.82 Å². The minimum Gasteiger partial charge on any atom is -0.372 e. The number of hydrogen-bond donors (Lipinski definition) is 0. The van der Waals surface area contributed by atoms with E-state index in [1.807, 2.05) is 16.8 Å². The third kappa shape index (κ3) is 2.89. The molecule has 3 aromatic rings. The highest BCUT2D eigenvalue weighted by Crippen LogP contribution is 2.30. The van der Waals surface area contributed by atoms with E-state index >= 15 is 0 Å². The second-order valence-electron chi connectivity index (χ2n) is 7.48. The average molecular weight is 336 g/mol. The zero-order valence-electron chi connectivity index (χ0n) is 15.2.